The average Bonchev–Trinajstić information content (AvgIpc) is 2.98. The van der Waals surface area contributed by atoms with Crippen LogP contribution in [0.2, 0.25) is 0 Å². The number of para-hydroxylation sites is 1. The lowest BCUT2D eigenvalue weighted by Crippen LogP contribution is -2.50. The monoisotopic (exact) mass is 342 g/mol. The summed E-state index contributed by atoms with van der Waals surface area (Å²) in [6.45, 7) is 11.2. The third-order valence-electron chi connectivity index (χ3n) is 4.62. The largest absolute Gasteiger partial charge is 0.375 e. The zero-order valence-corrected chi connectivity index (χ0v) is 15.6. The summed E-state index contributed by atoms with van der Waals surface area (Å²) in [7, 11) is 0. The van der Waals surface area contributed by atoms with Gasteiger partial charge in [-0.2, -0.15) is 0 Å². The number of rotatable bonds is 3. The van der Waals surface area contributed by atoms with Gasteiger partial charge in [-0.25, -0.2) is 9.67 Å². The van der Waals surface area contributed by atoms with Crippen LogP contribution in [-0.4, -0.2) is 50.9 Å². The van der Waals surface area contributed by atoms with E-state index in [0.717, 1.165) is 5.69 Å². The standard InChI is InChI=1S/C19H26N4O2/c1-12(2)16-8-6-7-9-17(16)23-15(5)20-18(21-23)19(24)22-10-14(4)25-11-13(22)3/h6-9,12-14H,10-11H2,1-5H3/t13-,14-/m1/s1. The maximum Gasteiger partial charge on any atom is 0.293 e. The maximum absolute atomic E-state index is 12.9. The van der Waals surface area contributed by atoms with Crippen molar-refractivity contribution in [1.29, 1.82) is 0 Å². The molecule has 1 aromatic carbocycles. The lowest BCUT2D eigenvalue weighted by Gasteiger charge is -2.36. The molecule has 1 aliphatic heterocycles. The maximum atomic E-state index is 12.9. The molecule has 1 saturated heterocycles. The second kappa shape index (κ2) is 6.96. The van der Waals surface area contributed by atoms with Crippen molar-refractivity contribution in [3.63, 3.8) is 0 Å². The summed E-state index contributed by atoms with van der Waals surface area (Å²) in [6, 6.07) is 8.14. The molecule has 3 rings (SSSR count). The zero-order valence-electron chi connectivity index (χ0n) is 15.6. The van der Waals surface area contributed by atoms with Crippen molar-refractivity contribution in [2.45, 2.75) is 52.7 Å². The Bertz CT molecular complexity index is 769. The van der Waals surface area contributed by atoms with E-state index in [2.05, 4.69) is 30.0 Å². The van der Waals surface area contributed by atoms with Crippen LogP contribution in [0.5, 0.6) is 0 Å². The van der Waals surface area contributed by atoms with Crippen molar-refractivity contribution < 1.29 is 9.53 Å². The minimum atomic E-state index is -0.133. The Morgan fingerprint density at radius 3 is 2.72 bits per heavy atom. The summed E-state index contributed by atoms with van der Waals surface area (Å²) < 4.78 is 7.38. The molecular weight excluding hydrogens is 316 g/mol. The fraction of sp³-hybridized carbons (Fsp3) is 0.526. The molecule has 1 aromatic heterocycles. The van der Waals surface area contributed by atoms with Gasteiger partial charge in [0, 0.05) is 6.54 Å². The van der Waals surface area contributed by atoms with Crippen LogP contribution in [0.4, 0.5) is 0 Å². The topological polar surface area (TPSA) is 60.3 Å². The van der Waals surface area contributed by atoms with Crippen LogP contribution in [-0.2, 0) is 4.74 Å². The number of carbonyl (C=O) groups is 1. The SMILES string of the molecule is Cc1nc(C(=O)N2C[C@@H](C)OC[C@H]2C)nn1-c1ccccc1C(C)C. The number of aryl methyl sites for hydroxylation is 1. The van der Waals surface area contributed by atoms with Gasteiger partial charge in [-0.1, -0.05) is 32.0 Å². The quantitative estimate of drug-likeness (QED) is 0.860. The van der Waals surface area contributed by atoms with Gasteiger partial charge in [0.15, 0.2) is 0 Å². The van der Waals surface area contributed by atoms with Gasteiger partial charge >= 0.3 is 0 Å². The summed E-state index contributed by atoms with van der Waals surface area (Å²) in [5, 5.41) is 4.53. The lowest BCUT2D eigenvalue weighted by molar-refractivity contribution is -0.0391. The number of nitrogens with zero attached hydrogens (tertiary/aromatic N) is 4. The normalized spacial score (nSPS) is 21.0. The number of morpholine rings is 1. The fourth-order valence-corrected chi connectivity index (χ4v) is 3.19. The fourth-order valence-electron chi connectivity index (χ4n) is 3.19. The number of hydrogen-bond acceptors (Lipinski definition) is 4. The van der Waals surface area contributed by atoms with Gasteiger partial charge in [0.1, 0.15) is 5.82 Å². The molecule has 0 radical (unpaired) electrons. The highest BCUT2D eigenvalue weighted by Gasteiger charge is 2.31. The molecule has 0 N–H and O–H groups in total. The number of carbonyl (C=O) groups excluding carboxylic acids is 1. The number of amides is 1. The summed E-state index contributed by atoms with van der Waals surface area (Å²) >= 11 is 0. The van der Waals surface area contributed by atoms with Crippen molar-refractivity contribution in [2.24, 2.45) is 0 Å². The van der Waals surface area contributed by atoms with E-state index in [-0.39, 0.29) is 23.9 Å². The van der Waals surface area contributed by atoms with E-state index < -0.39 is 0 Å². The van der Waals surface area contributed by atoms with Crippen LogP contribution < -0.4 is 0 Å². The molecular formula is C19H26N4O2. The van der Waals surface area contributed by atoms with E-state index in [1.165, 1.54) is 5.56 Å². The third-order valence-corrected chi connectivity index (χ3v) is 4.62. The van der Waals surface area contributed by atoms with Crippen LogP contribution in [0.1, 0.15) is 55.6 Å². The van der Waals surface area contributed by atoms with E-state index in [0.29, 0.717) is 24.9 Å². The van der Waals surface area contributed by atoms with E-state index in [1.54, 1.807) is 4.68 Å². The van der Waals surface area contributed by atoms with Gasteiger partial charge in [0.05, 0.1) is 24.4 Å². The Kier molecular flexibility index (Phi) is 4.90. The van der Waals surface area contributed by atoms with Gasteiger partial charge in [-0.05, 0) is 38.3 Å². The van der Waals surface area contributed by atoms with E-state index in [9.17, 15) is 4.79 Å². The van der Waals surface area contributed by atoms with Crippen molar-refractivity contribution >= 4 is 5.91 Å². The Morgan fingerprint density at radius 1 is 1.28 bits per heavy atom. The predicted molar refractivity (Wildman–Crippen MR) is 96.1 cm³/mol. The lowest BCUT2D eigenvalue weighted by atomic mass is 10.0. The van der Waals surface area contributed by atoms with Gasteiger partial charge in [0.25, 0.3) is 5.91 Å². The molecule has 2 aromatic rings. The molecule has 6 nitrogen and oxygen atoms in total. The molecule has 1 fully saturated rings. The van der Waals surface area contributed by atoms with Crippen LogP contribution in [0.25, 0.3) is 5.69 Å². The first-order valence-corrected chi connectivity index (χ1v) is 8.84. The minimum absolute atomic E-state index is 0.0268. The molecule has 134 valence electrons. The summed E-state index contributed by atoms with van der Waals surface area (Å²) in [5.41, 5.74) is 2.16. The molecule has 0 unspecified atom stereocenters. The van der Waals surface area contributed by atoms with Gasteiger partial charge in [0.2, 0.25) is 5.82 Å². The number of ether oxygens (including phenoxy) is 1. The minimum Gasteiger partial charge on any atom is -0.375 e. The summed E-state index contributed by atoms with van der Waals surface area (Å²) in [6.07, 6.45) is 0.0324. The molecule has 1 aliphatic rings. The average molecular weight is 342 g/mol. The molecule has 2 atom stereocenters. The van der Waals surface area contributed by atoms with Crippen molar-refractivity contribution in [2.75, 3.05) is 13.2 Å². The van der Waals surface area contributed by atoms with Gasteiger partial charge in [-0.3, -0.25) is 4.79 Å². The number of benzene rings is 1. The predicted octanol–water partition coefficient (Wildman–Crippen LogP) is 2.95. The Balaban J connectivity index is 1.94. The molecule has 25 heavy (non-hydrogen) atoms. The first kappa shape index (κ1) is 17.6. The Labute approximate surface area is 148 Å². The van der Waals surface area contributed by atoms with Gasteiger partial charge in [-0.15, -0.1) is 5.10 Å². The Hall–Kier alpha value is -2.21. The van der Waals surface area contributed by atoms with Crippen molar-refractivity contribution in [3.8, 4) is 5.69 Å². The third kappa shape index (κ3) is 3.44. The molecule has 0 bridgehead atoms. The summed E-state index contributed by atoms with van der Waals surface area (Å²) in [5.74, 6) is 1.19. The van der Waals surface area contributed by atoms with Crippen LogP contribution in [0.3, 0.4) is 0 Å². The first-order chi connectivity index (χ1) is 11.9. The zero-order chi connectivity index (χ0) is 18.1. The molecule has 2 heterocycles. The molecule has 1 amide bonds. The van der Waals surface area contributed by atoms with E-state index >= 15 is 0 Å². The molecule has 0 saturated carbocycles. The highest BCUT2D eigenvalue weighted by molar-refractivity contribution is 5.90. The van der Waals surface area contributed by atoms with E-state index in [1.807, 2.05) is 43.9 Å². The molecule has 6 heteroatoms. The van der Waals surface area contributed by atoms with Crippen LogP contribution in [0.15, 0.2) is 24.3 Å². The number of hydrogen-bond donors (Lipinski definition) is 0. The second-order valence-corrected chi connectivity index (χ2v) is 7.06. The van der Waals surface area contributed by atoms with Crippen molar-refractivity contribution in [1.82, 2.24) is 19.7 Å². The highest BCUT2D eigenvalue weighted by atomic mass is 16.5. The smallest absolute Gasteiger partial charge is 0.293 e. The number of aromatic nitrogens is 3. The van der Waals surface area contributed by atoms with E-state index in [4.69, 9.17) is 4.74 Å². The molecule has 0 spiro atoms. The van der Waals surface area contributed by atoms with Crippen molar-refractivity contribution in [3.05, 3.63) is 41.5 Å². The first-order valence-electron chi connectivity index (χ1n) is 8.84. The van der Waals surface area contributed by atoms with Crippen LogP contribution >= 0.6 is 0 Å². The van der Waals surface area contributed by atoms with Crippen LogP contribution in [0, 0.1) is 6.92 Å². The Morgan fingerprint density at radius 2 is 2.00 bits per heavy atom. The van der Waals surface area contributed by atoms with Gasteiger partial charge < -0.3 is 9.64 Å². The second-order valence-electron chi connectivity index (χ2n) is 7.06. The highest BCUT2D eigenvalue weighted by Crippen LogP contribution is 2.23. The molecule has 0 aliphatic carbocycles. The summed E-state index contributed by atoms with van der Waals surface area (Å²) in [4.78, 5) is 19.2.